The largest absolute Gasteiger partial charge is 0.494 e. The number of nitrogens with zero attached hydrogens (tertiary/aromatic N) is 4. The van der Waals surface area contributed by atoms with Gasteiger partial charge >= 0.3 is 7.12 Å². The Morgan fingerprint density at radius 2 is 1.11 bits per heavy atom. The summed E-state index contributed by atoms with van der Waals surface area (Å²) >= 11 is 6.08. The highest BCUT2D eigenvalue weighted by atomic mass is 35.5. The summed E-state index contributed by atoms with van der Waals surface area (Å²) in [4.78, 5) is 9.54. The van der Waals surface area contributed by atoms with Crippen molar-refractivity contribution < 1.29 is 9.31 Å². The summed E-state index contributed by atoms with van der Waals surface area (Å²) in [6.45, 7) is 8.31. The molecule has 0 N–H and O–H groups in total. The lowest BCUT2D eigenvalue weighted by molar-refractivity contribution is 0.00578. The van der Waals surface area contributed by atoms with Gasteiger partial charge in [-0.2, -0.15) is 0 Å². The SMILES string of the molecule is CC1(C)OB(c2ccc3ccn4c5ccccc5nc4c3c2)OC1(C)C.Clc1ccc2ccn3c4ccccc4nc3c2c1. The zero-order valence-electron chi connectivity index (χ0n) is 25.0. The molecule has 8 aromatic rings. The first-order valence-corrected chi connectivity index (χ1v) is 15.2. The summed E-state index contributed by atoms with van der Waals surface area (Å²) < 4.78 is 16.7. The third-order valence-corrected chi connectivity index (χ3v) is 9.33. The van der Waals surface area contributed by atoms with E-state index in [4.69, 9.17) is 25.9 Å². The molecule has 1 saturated heterocycles. The van der Waals surface area contributed by atoms with Gasteiger partial charge in [0.2, 0.25) is 0 Å². The van der Waals surface area contributed by atoms with Gasteiger partial charge < -0.3 is 9.31 Å². The van der Waals surface area contributed by atoms with Crippen molar-refractivity contribution in [2.24, 2.45) is 0 Å². The van der Waals surface area contributed by atoms with E-state index in [0.717, 1.165) is 65.4 Å². The lowest BCUT2D eigenvalue weighted by atomic mass is 9.78. The topological polar surface area (TPSA) is 53.1 Å². The molecule has 4 aromatic carbocycles. The standard InChI is InChI=1S/C21H21BN2O2.C15H9ClN2/c1-20(2)21(3,4)26-22(25-20)15-10-9-14-11-12-24-18-8-6-5-7-17(18)23-19(24)16(14)13-15;16-11-6-5-10-7-8-18-14-4-2-1-3-13(14)17-15(18)12(10)9-11/h5-13H,1-4H3;1-9H. The van der Waals surface area contributed by atoms with E-state index < -0.39 is 0 Å². The number of halogens is 1. The van der Waals surface area contributed by atoms with Crippen LogP contribution in [0.15, 0.2) is 109 Å². The second-order valence-corrected chi connectivity index (χ2v) is 12.8. The van der Waals surface area contributed by atoms with Crippen LogP contribution in [0.1, 0.15) is 27.7 Å². The predicted molar refractivity (Wildman–Crippen MR) is 181 cm³/mol. The average Bonchev–Trinajstić information content (AvgIpc) is 3.66. The molecule has 6 nitrogen and oxygen atoms in total. The zero-order chi connectivity index (χ0) is 30.2. The van der Waals surface area contributed by atoms with E-state index in [2.05, 4.69) is 96.3 Å². The highest BCUT2D eigenvalue weighted by Gasteiger charge is 2.51. The van der Waals surface area contributed by atoms with E-state index in [9.17, 15) is 0 Å². The lowest BCUT2D eigenvalue weighted by Crippen LogP contribution is -2.41. The minimum atomic E-state index is -0.367. The van der Waals surface area contributed by atoms with Crippen molar-refractivity contribution in [3.8, 4) is 0 Å². The van der Waals surface area contributed by atoms with Gasteiger partial charge in [-0.1, -0.05) is 60.1 Å². The summed E-state index contributed by atoms with van der Waals surface area (Å²) in [5, 5.41) is 5.25. The van der Waals surface area contributed by atoms with Gasteiger partial charge in [-0.15, -0.1) is 0 Å². The molecule has 44 heavy (non-hydrogen) atoms. The number of benzene rings is 4. The Morgan fingerprint density at radius 1 is 0.614 bits per heavy atom. The van der Waals surface area contributed by atoms with Gasteiger partial charge in [-0.3, -0.25) is 8.80 Å². The lowest BCUT2D eigenvalue weighted by Gasteiger charge is -2.32. The van der Waals surface area contributed by atoms with Gasteiger partial charge in [0.25, 0.3) is 0 Å². The summed E-state index contributed by atoms with van der Waals surface area (Å²) in [5.41, 5.74) is 6.49. The molecule has 8 heteroatoms. The van der Waals surface area contributed by atoms with E-state index in [1.807, 2.05) is 54.6 Å². The molecule has 1 aliphatic heterocycles. The van der Waals surface area contributed by atoms with Crippen molar-refractivity contribution in [3.63, 3.8) is 0 Å². The van der Waals surface area contributed by atoms with Crippen LogP contribution in [0, 0.1) is 0 Å². The molecular weight excluding hydrogens is 567 g/mol. The molecule has 4 aromatic heterocycles. The first-order valence-electron chi connectivity index (χ1n) is 14.8. The van der Waals surface area contributed by atoms with Gasteiger partial charge in [0, 0.05) is 28.2 Å². The van der Waals surface area contributed by atoms with E-state index in [1.165, 1.54) is 0 Å². The molecular formula is C36H30BClN4O2. The molecule has 216 valence electrons. The molecule has 9 rings (SSSR count). The predicted octanol–water partition coefficient (Wildman–Crippen LogP) is 8.23. The molecule has 0 spiro atoms. The number of pyridine rings is 2. The van der Waals surface area contributed by atoms with E-state index in [0.29, 0.717) is 0 Å². The van der Waals surface area contributed by atoms with Crippen molar-refractivity contribution in [2.75, 3.05) is 0 Å². The van der Waals surface area contributed by atoms with E-state index >= 15 is 0 Å². The maximum absolute atomic E-state index is 6.22. The molecule has 1 aliphatic rings. The van der Waals surface area contributed by atoms with Gasteiger partial charge in [-0.05, 0) is 92.5 Å². The number of para-hydroxylation sites is 4. The van der Waals surface area contributed by atoms with E-state index in [-0.39, 0.29) is 18.3 Å². The minimum absolute atomic E-state index is 0.347. The van der Waals surface area contributed by atoms with Crippen LogP contribution >= 0.6 is 11.6 Å². The Morgan fingerprint density at radius 3 is 1.68 bits per heavy atom. The molecule has 0 unspecified atom stereocenters. The maximum Gasteiger partial charge on any atom is 0.494 e. The smallest absolute Gasteiger partial charge is 0.399 e. The average molecular weight is 597 g/mol. The summed E-state index contributed by atoms with van der Waals surface area (Å²) in [5.74, 6) is 0. The van der Waals surface area contributed by atoms with Crippen molar-refractivity contribution in [1.82, 2.24) is 18.8 Å². The number of hydrogen-bond donors (Lipinski definition) is 0. The normalized spacial score (nSPS) is 16.0. The number of fused-ring (bicyclic) bond motifs is 10. The van der Waals surface area contributed by atoms with Crippen LogP contribution in [0.5, 0.6) is 0 Å². The third kappa shape index (κ3) is 4.26. The quantitative estimate of drug-likeness (QED) is 0.179. The van der Waals surface area contributed by atoms with Gasteiger partial charge in [0.15, 0.2) is 0 Å². The van der Waals surface area contributed by atoms with Crippen LogP contribution in [-0.4, -0.2) is 37.1 Å². The van der Waals surface area contributed by atoms with Crippen molar-refractivity contribution >= 4 is 79.1 Å². The molecule has 0 atom stereocenters. The fourth-order valence-corrected chi connectivity index (χ4v) is 6.16. The number of aromatic nitrogens is 4. The van der Waals surface area contributed by atoms with Crippen LogP contribution in [0.3, 0.4) is 0 Å². The van der Waals surface area contributed by atoms with Crippen molar-refractivity contribution in [2.45, 2.75) is 38.9 Å². The van der Waals surface area contributed by atoms with E-state index in [1.54, 1.807) is 0 Å². The molecule has 1 fully saturated rings. The van der Waals surface area contributed by atoms with Crippen LogP contribution in [0.2, 0.25) is 5.02 Å². The monoisotopic (exact) mass is 596 g/mol. The van der Waals surface area contributed by atoms with Crippen LogP contribution in [-0.2, 0) is 9.31 Å². The van der Waals surface area contributed by atoms with Gasteiger partial charge in [0.1, 0.15) is 11.3 Å². The van der Waals surface area contributed by atoms with Crippen LogP contribution < -0.4 is 5.46 Å². The Hall–Kier alpha value is -4.43. The summed E-state index contributed by atoms with van der Waals surface area (Å²) in [6, 6.07) is 32.8. The third-order valence-electron chi connectivity index (χ3n) is 9.10. The highest BCUT2D eigenvalue weighted by molar-refractivity contribution is 6.62. The number of rotatable bonds is 1. The van der Waals surface area contributed by atoms with Crippen LogP contribution in [0.25, 0.3) is 54.9 Å². The zero-order valence-corrected chi connectivity index (χ0v) is 25.7. The minimum Gasteiger partial charge on any atom is -0.399 e. The molecule has 0 aliphatic carbocycles. The number of hydrogen-bond acceptors (Lipinski definition) is 4. The number of imidazole rings is 2. The Balaban J connectivity index is 0.000000140. The van der Waals surface area contributed by atoms with Gasteiger partial charge in [-0.25, -0.2) is 9.97 Å². The molecule has 0 amide bonds. The summed E-state index contributed by atoms with van der Waals surface area (Å²) in [7, 11) is -0.367. The first-order chi connectivity index (χ1) is 21.2. The Bertz CT molecular complexity index is 2380. The second-order valence-electron chi connectivity index (χ2n) is 12.4. The fraction of sp³-hybridized carbons (Fsp3) is 0.167. The molecule has 5 heterocycles. The van der Waals surface area contributed by atoms with Crippen molar-refractivity contribution in [3.05, 3.63) is 114 Å². The highest BCUT2D eigenvalue weighted by Crippen LogP contribution is 2.37. The summed E-state index contributed by atoms with van der Waals surface area (Å²) in [6.07, 6.45) is 4.14. The van der Waals surface area contributed by atoms with Gasteiger partial charge in [0.05, 0.1) is 33.3 Å². The molecule has 0 bridgehead atoms. The molecule has 0 saturated carbocycles. The second kappa shape index (κ2) is 9.79. The van der Waals surface area contributed by atoms with Crippen molar-refractivity contribution in [1.29, 1.82) is 0 Å². The Kier molecular flexibility index (Phi) is 6.04. The Labute approximate surface area is 260 Å². The first kappa shape index (κ1) is 27.1. The maximum atomic E-state index is 6.22. The van der Waals surface area contributed by atoms with Crippen LogP contribution in [0.4, 0.5) is 0 Å². The molecule has 0 radical (unpaired) electrons. The fourth-order valence-electron chi connectivity index (χ4n) is 5.99.